The number of allylic oxidation sites excluding steroid dienone is 4. The van der Waals surface area contributed by atoms with E-state index in [4.69, 9.17) is 0 Å². The average Bonchev–Trinajstić information content (AvgIpc) is 2.88. The molecular formula is C19H18F3NO3S. The lowest BCUT2D eigenvalue weighted by atomic mass is 9.69. The van der Waals surface area contributed by atoms with Crippen LogP contribution in [0.2, 0.25) is 0 Å². The van der Waals surface area contributed by atoms with E-state index in [-0.39, 0.29) is 34.0 Å². The number of sulfone groups is 1. The third-order valence-electron chi connectivity index (χ3n) is 5.64. The van der Waals surface area contributed by atoms with Crippen LogP contribution in [0.4, 0.5) is 13.2 Å². The molecule has 27 heavy (non-hydrogen) atoms. The molecule has 0 aromatic heterocycles. The van der Waals surface area contributed by atoms with Crippen LogP contribution in [0.5, 0.6) is 0 Å². The molecule has 0 fully saturated rings. The lowest BCUT2D eigenvalue weighted by Gasteiger charge is -2.38. The highest BCUT2D eigenvalue weighted by molar-refractivity contribution is 7.95. The van der Waals surface area contributed by atoms with Crippen LogP contribution in [0.1, 0.15) is 44.6 Å². The van der Waals surface area contributed by atoms with Crippen LogP contribution in [-0.2, 0) is 14.6 Å². The van der Waals surface area contributed by atoms with E-state index in [0.29, 0.717) is 36.4 Å². The Labute approximate surface area is 155 Å². The molecular weight excluding hydrogens is 379 g/mol. The molecule has 144 valence electrons. The van der Waals surface area contributed by atoms with Crippen LogP contribution in [0.25, 0.3) is 0 Å². The molecule has 1 unspecified atom stereocenters. The second-order valence-electron chi connectivity index (χ2n) is 7.86. The maximum atomic E-state index is 14.6. The number of rotatable bonds is 1. The minimum absolute atomic E-state index is 0.0998. The van der Waals surface area contributed by atoms with Gasteiger partial charge in [0.1, 0.15) is 5.82 Å². The van der Waals surface area contributed by atoms with Crippen molar-refractivity contribution in [3.05, 3.63) is 57.0 Å². The molecule has 1 aromatic rings. The summed E-state index contributed by atoms with van der Waals surface area (Å²) in [5.74, 6) is -5.45. The van der Waals surface area contributed by atoms with E-state index < -0.39 is 38.6 Å². The number of Topliss-reactive ketones (excluding diaryl/α,β-unsaturated/α-hetero) is 1. The Morgan fingerprint density at radius 3 is 2.41 bits per heavy atom. The first kappa shape index (κ1) is 18.3. The SMILES string of the molecule is CC1(C)CCC2=C(C1=O)C(c1cc(F)c(F)cc1F)C1=C(CCS1(=O)=O)N2. The van der Waals surface area contributed by atoms with Crippen molar-refractivity contribution < 1.29 is 26.4 Å². The smallest absolute Gasteiger partial charge is 0.177 e. The third kappa shape index (κ3) is 2.64. The van der Waals surface area contributed by atoms with Crippen molar-refractivity contribution in [1.82, 2.24) is 5.32 Å². The molecule has 2 heterocycles. The molecule has 4 rings (SSSR count). The van der Waals surface area contributed by atoms with E-state index >= 15 is 0 Å². The fourth-order valence-electron chi connectivity index (χ4n) is 4.13. The maximum Gasteiger partial charge on any atom is 0.177 e. The second-order valence-corrected chi connectivity index (χ2v) is 9.94. The van der Waals surface area contributed by atoms with Gasteiger partial charge in [0.25, 0.3) is 0 Å². The van der Waals surface area contributed by atoms with E-state index in [2.05, 4.69) is 5.32 Å². The van der Waals surface area contributed by atoms with E-state index in [0.717, 1.165) is 0 Å². The topological polar surface area (TPSA) is 63.2 Å². The van der Waals surface area contributed by atoms with Gasteiger partial charge >= 0.3 is 0 Å². The molecule has 0 saturated heterocycles. The summed E-state index contributed by atoms with van der Waals surface area (Å²) >= 11 is 0. The van der Waals surface area contributed by atoms with Crippen LogP contribution in [-0.4, -0.2) is 20.0 Å². The predicted molar refractivity (Wildman–Crippen MR) is 92.7 cm³/mol. The summed E-state index contributed by atoms with van der Waals surface area (Å²) in [6.45, 7) is 3.48. The molecule has 0 radical (unpaired) electrons. The summed E-state index contributed by atoms with van der Waals surface area (Å²) in [6.07, 6.45) is 1.26. The van der Waals surface area contributed by atoms with Crippen LogP contribution < -0.4 is 5.32 Å². The Hall–Kier alpha value is -2.09. The molecule has 1 aliphatic carbocycles. The maximum absolute atomic E-state index is 14.6. The van der Waals surface area contributed by atoms with Crippen molar-refractivity contribution in [3.63, 3.8) is 0 Å². The Balaban J connectivity index is 2.01. The van der Waals surface area contributed by atoms with Crippen molar-refractivity contribution in [2.24, 2.45) is 5.41 Å². The van der Waals surface area contributed by atoms with Gasteiger partial charge in [0, 0.05) is 40.4 Å². The highest BCUT2D eigenvalue weighted by atomic mass is 32.2. The first-order chi connectivity index (χ1) is 12.5. The number of halogens is 3. The van der Waals surface area contributed by atoms with Crippen molar-refractivity contribution in [2.75, 3.05) is 5.75 Å². The minimum atomic E-state index is -3.75. The first-order valence-corrected chi connectivity index (χ1v) is 10.3. The average molecular weight is 397 g/mol. The molecule has 0 amide bonds. The molecule has 1 atom stereocenters. The Morgan fingerprint density at radius 1 is 1.04 bits per heavy atom. The Bertz CT molecular complexity index is 1050. The van der Waals surface area contributed by atoms with Crippen molar-refractivity contribution in [3.8, 4) is 0 Å². The van der Waals surface area contributed by atoms with Gasteiger partial charge in [0.05, 0.1) is 16.6 Å². The highest BCUT2D eigenvalue weighted by Gasteiger charge is 2.49. The monoisotopic (exact) mass is 397 g/mol. The molecule has 4 nitrogen and oxygen atoms in total. The van der Waals surface area contributed by atoms with Crippen LogP contribution >= 0.6 is 0 Å². The van der Waals surface area contributed by atoms with Gasteiger partial charge < -0.3 is 5.32 Å². The van der Waals surface area contributed by atoms with Crippen molar-refractivity contribution in [1.29, 1.82) is 0 Å². The largest absolute Gasteiger partial charge is 0.361 e. The van der Waals surface area contributed by atoms with Crippen LogP contribution in [0.3, 0.4) is 0 Å². The minimum Gasteiger partial charge on any atom is -0.361 e. The fourth-order valence-corrected chi connectivity index (χ4v) is 5.95. The quantitative estimate of drug-likeness (QED) is 0.738. The van der Waals surface area contributed by atoms with Crippen molar-refractivity contribution in [2.45, 2.75) is 39.0 Å². The zero-order valence-corrected chi connectivity index (χ0v) is 15.6. The Kier molecular flexibility index (Phi) is 3.86. The van der Waals surface area contributed by atoms with Gasteiger partial charge in [0.2, 0.25) is 0 Å². The van der Waals surface area contributed by atoms with Gasteiger partial charge in [-0.2, -0.15) is 0 Å². The van der Waals surface area contributed by atoms with E-state index in [1.807, 2.05) is 0 Å². The first-order valence-electron chi connectivity index (χ1n) is 8.68. The summed E-state index contributed by atoms with van der Waals surface area (Å²) in [7, 11) is -3.75. The molecule has 1 N–H and O–H groups in total. The summed E-state index contributed by atoms with van der Waals surface area (Å²) in [5, 5.41) is 3.06. The van der Waals surface area contributed by atoms with E-state index in [1.165, 1.54) is 0 Å². The van der Waals surface area contributed by atoms with Gasteiger partial charge in [-0.25, -0.2) is 21.6 Å². The number of ketones is 1. The number of benzene rings is 1. The van der Waals surface area contributed by atoms with Gasteiger partial charge in [-0.1, -0.05) is 13.8 Å². The van der Waals surface area contributed by atoms with E-state index in [1.54, 1.807) is 13.8 Å². The molecule has 8 heteroatoms. The molecule has 0 saturated carbocycles. The lowest BCUT2D eigenvalue weighted by molar-refractivity contribution is -0.124. The highest BCUT2D eigenvalue weighted by Crippen LogP contribution is 2.50. The predicted octanol–water partition coefficient (Wildman–Crippen LogP) is 3.46. The third-order valence-corrected chi connectivity index (χ3v) is 7.53. The fraction of sp³-hybridized carbons (Fsp3) is 0.421. The summed E-state index contributed by atoms with van der Waals surface area (Å²) in [4.78, 5) is 13.0. The van der Waals surface area contributed by atoms with Gasteiger partial charge in [0.15, 0.2) is 27.3 Å². The van der Waals surface area contributed by atoms with Crippen LogP contribution in [0.15, 0.2) is 34.0 Å². The number of carbonyl (C=O) groups is 1. The Morgan fingerprint density at radius 2 is 1.70 bits per heavy atom. The molecule has 0 spiro atoms. The number of hydrogen-bond acceptors (Lipinski definition) is 4. The summed E-state index contributed by atoms with van der Waals surface area (Å²) < 4.78 is 67.3. The normalized spacial score (nSPS) is 26.0. The number of nitrogens with one attached hydrogen (secondary N) is 1. The number of hydrogen-bond donors (Lipinski definition) is 1. The van der Waals surface area contributed by atoms with Crippen molar-refractivity contribution >= 4 is 15.6 Å². The number of dihydropyridines is 1. The van der Waals surface area contributed by atoms with Gasteiger partial charge in [-0.3, -0.25) is 4.79 Å². The zero-order valence-electron chi connectivity index (χ0n) is 14.8. The molecule has 3 aliphatic rings. The number of carbonyl (C=O) groups excluding carboxylic acids is 1. The standard InChI is InChI=1S/C19H18F3NO3S/c1-19(2)5-3-13-16(18(19)24)15(9-7-11(21)12(22)8-10(9)20)17-14(23-13)4-6-27(17,25)26/h7-8,15,23H,3-6H2,1-2H3. The lowest BCUT2D eigenvalue weighted by Crippen LogP contribution is -2.39. The van der Waals surface area contributed by atoms with Gasteiger partial charge in [-0.15, -0.1) is 0 Å². The van der Waals surface area contributed by atoms with E-state index in [9.17, 15) is 26.4 Å². The zero-order chi connectivity index (χ0) is 19.7. The summed E-state index contributed by atoms with van der Waals surface area (Å²) in [5.41, 5.74) is 0.0147. The van der Waals surface area contributed by atoms with Crippen LogP contribution in [0, 0.1) is 22.9 Å². The second kappa shape index (κ2) is 5.70. The van der Waals surface area contributed by atoms with Gasteiger partial charge in [-0.05, 0) is 18.9 Å². The molecule has 2 aliphatic heterocycles. The summed E-state index contributed by atoms with van der Waals surface area (Å²) in [6, 6.07) is 1.06. The molecule has 1 aromatic carbocycles. The molecule has 0 bridgehead atoms.